The Morgan fingerprint density at radius 1 is 1.38 bits per heavy atom. The van der Waals surface area contributed by atoms with Crippen molar-refractivity contribution in [2.75, 3.05) is 13.2 Å². The van der Waals surface area contributed by atoms with E-state index in [1.54, 1.807) is 0 Å². The van der Waals surface area contributed by atoms with Crippen molar-refractivity contribution in [2.24, 2.45) is 17.8 Å². The van der Waals surface area contributed by atoms with Crippen LogP contribution < -0.4 is 5.32 Å². The summed E-state index contributed by atoms with van der Waals surface area (Å²) in [6.45, 7) is 6.92. The zero-order chi connectivity index (χ0) is 14.8. The van der Waals surface area contributed by atoms with Gasteiger partial charge in [-0.2, -0.15) is 0 Å². The molecule has 114 valence electrons. The normalized spacial score (nSPS) is 41.8. The second-order valence-electron chi connectivity index (χ2n) is 6.59. The van der Waals surface area contributed by atoms with Crippen LogP contribution in [0.3, 0.4) is 0 Å². The monoisotopic (exact) mass is 291 g/mol. The first-order valence-electron chi connectivity index (χ1n) is 7.71. The van der Waals surface area contributed by atoms with Gasteiger partial charge in [0.15, 0.2) is 5.79 Å². The molecule has 5 nitrogen and oxygen atoms in total. The molecule has 5 atom stereocenters. The molecule has 1 saturated carbocycles. The van der Waals surface area contributed by atoms with Crippen LogP contribution in [-0.4, -0.2) is 37.1 Å². The van der Waals surface area contributed by atoms with Crippen molar-refractivity contribution in [3.8, 4) is 0 Å². The van der Waals surface area contributed by atoms with E-state index in [0.29, 0.717) is 18.2 Å². The highest BCUT2D eigenvalue weighted by Crippen LogP contribution is 2.53. The summed E-state index contributed by atoms with van der Waals surface area (Å²) in [5.41, 5.74) is 1.80. The van der Waals surface area contributed by atoms with Gasteiger partial charge < -0.3 is 19.5 Å². The number of carbonyl (C=O) groups excluding carboxylic acids is 1. The fourth-order valence-corrected chi connectivity index (χ4v) is 4.26. The number of rotatable bonds is 2. The molecule has 5 rings (SSSR count). The molecular formula is C16H21NO4. The number of hydrogen-bond donors (Lipinski definition) is 1. The smallest absolute Gasteiger partial charge is 0.354 e. The molecule has 0 amide bonds. The maximum absolute atomic E-state index is 12.2. The average Bonchev–Trinajstić information content (AvgIpc) is 2.99. The number of ether oxygens (including phenoxy) is 3. The molecule has 2 heterocycles. The van der Waals surface area contributed by atoms with Crippen LogP contribution in [-0.2, 0) is 19.0 Å². The van der Waals surface area contributed by atoms with Gasteiger partial charge in [0.2, 0.25) is 0 Å². The molecule has 1 saturated heterocycles. The summed E-state index contributed by atoms with van der Waals surface area (Å²) in [5, 5.41) is 3.25. The predicted octanol–water partition coefficient (Wildman–Crippen LogP) is 1.36. The molecule has 2 bridgehead atoms. The van der Waals surface area contributed by atoms with Crippen molar-refractivity contribution >= 4 is 5.97 Å². The highest BCUT2D eigenvalue weighted by molar-refractivity contribution is 5.90. The van der Waals surface area contributed by atoms with E-state index in [-0.39, 0.29) is 30.0 Å². The zero-order valence-electron chi connectivity index (χ0n) is 12.6. The van der Waals surface area contributed by atoms with E-state index in [4.69, 9.17) is 14.2 Å². The number of nitrogens with one attached hydrogen (secondary N) is 1. The Morgan fingerprint density at radius 3 is 2.90 bits per heavy atom. The molecule has 0 aromatic carbocycles. The van der Waals surface area contributed by atoms with E-state index < -0.39 is 5.79 Å². The molecule has 5 unspecified atom stereocenters. The van der Waals surface area contributed by atoms with Gasteiger partial charge in [0.05, 0.1) is 18.8 Å². The summed E-state index contributed by atoms with van der Waals surface area (Å²) in [6.07, 6.45) is 4.51. The Morgan fingerprint density at radius 2 is 2.14 bits per heavy atom. The second kappa shape index (κ2) is 4.34. The lowest BCUT2D eigenvalue weighted by atomic mass is 9.63. The molecule has 5 heteroatoms. The van der Waals surface area contributed by atoms with Crippen molar-refractivity contribution in [3.05, 3.63) is 23.4 Å². The number of esters is 1. The van der Waals surface area contributed by atoms with Gasteiger partial charge in [-0.15, -0.1) is 0 Å². The maximum Gasteiger partial charge on any atom is 0.354 e. The summed E-state index contributed by atoms with van der Waals surface area (Å²) in [4.78, 5) is 12.2. The molecular weight excluding hydrogens is 270 g/mol. The van der Waals surface area contributed by atoms with Crippen molar-refractivity contribution in [1.82, 2.24) is 5.32 Å². The topological polar surface area (TPSA) is 56.8 Å². The van der Waals surface area contributed by atoms with Crippen LogP contribution >= 0.6 is 0 Å². The molecule has 0 radical (unpaired) electrons. The van der Waals surface area contributed by atoms with Gasteiger partial charge >= 0.3 is 5.97 Å². The molecule has 21 heavy (non-hydrogen) atoms. The van der Waals surface area contributed by atoms with E-state index in [9.17, 15) is 4.79 Å². The van der Waals surface area contributed by atoms with Gasteiger partial charge in [0.1, 0.15) is 5.70 Å². The third kappa shape index (κ3) is 1.80. The molecule has 0 spiro atoms. The standard InChI is InChI=1S/C16H21NO4/c1-4-19-15(18)12-11-9-6-5-8(10(11)7-17-12)13-14(9)21-16(2,3)20-13/h5-6,8-10,13-14,17H,4,7H2,1-3H3. The van der Waals surface area contributed by atoms with Crippen molar-refractivity contribution in [2.45, 2.75) is 38.8 Å². The van der Waals surface area contributed by atoms with E-state index in [0.717, 1.165) is 12.1 Å². The van der Waals surface area contributed by atoms with E-state index in [1.165, 1.54) is 0 Å². The van der Waals surface area contributed by atoms with Crippen LogP contribution in [0.15, 0.2) is 23.4 Å². The largest absolute Gasteiger partial charge is 0.461 e. The van der Waals surface area contributed by atoms with Gasteiger partial charge in [-0.3, -0.25) is 0 Å². The van der Waals surface area contributed by atoms with Crippen LogP contribution in [0, 0.1) is 17.8 Å². The number of carbonyl (C=O) groups is 1. The fourth-order valence-electron chi connectivity index (χ4n) is 4.26. The Balaban J connectivity index is 1.73. The minimum absolute atomic E-state index is 0.00516. The second-order valence-corrected chi connectivity index (χ2v) is 6.59. The number of hydrogen-bond acceptors (Lipinski definition) is 5. The lowest BCUT2D eigenvalue weighted by molar-refractivity contribution is -0.148. The van der Waals surface area contributed by atoms with Crippen LogP contribution in [0.4, 0.5) is 0 Å². The summed E-state index contributed by atoms with van der Waals surface area (Å²) < 4.78 is 17.4. The first-order valence-corrected chi connectivity index (χ1v) is 7.71. The van der Waals surface area contributed by atoms with Gasteiger partial charge in [-0.25, -0.2) is 4.79 Å². The summed E-state index contributed by atoms with van der Waals surface area (Å²) in [5.74, 6) is -0.0876. The highest BCUT2D eigenvalue weighted by Gasteiger charge is 2.59. The minimum Gasteiger partial charge on any atom is -0.461 e. The van der Waals surface area contributed by atoms with Gasteiger partial charge in [-0.05, 0) is 26.3 Å². The molecule has 2 aliphatic heterocycles. The van der Waals surface area contributed by atoms with Crippen LogP contribution in [0.1, 0.15) is 20.8 Å². The van der Waals surface area contributed by atoms with Crippen molar-refractivity contribution < 1.29 is 19.0 Å². The average molecular weight is 291 g/mol. The van der Waals surface area contributed by atoms with Crippen molar-refractivity contribution in [1.29, 1.82) is 0 Å². The minimum atomic E-state index is -0.547. The molecule has 3 aliphatic carbocycles. The van der Waals surface area contributed by atoms with E-state index in [2.05, 4.69) is 17.5 Å². The molecule has 5 aliphatic rings. The Labute approximate surface area is 124 Å². The summed E-state index contributed by atoms with van der Waals surface area (Å²) in [6, 6.07) is 0. The lowest BCUT2D eigenvalue weighted by Gasteiger charge is -2.44. The Hall–Kier alpha value is -1.33. The van der Waals surface area contributed by atoms with Gasteiger partial charge in [0.25, 0.3) is 0 Å². The SMILES string of the molecule is CCOC(=O)C1=C2C3C=CC(C2CN1)C1OC(C)(C)OC31. The van der Waals surface area contributed by atoms with Gasteiger partial charge in [-0.1, -0.05) is 12.2 Å². The van der Waals surface area contributed by atoms with Crippen LogP contribution in [0.25, 0.3) is 0 Å². The molecule has 1 N–H and O–H groups in total. The van der Waals surface area contributed by atoms with Gasteiger partial charge in [0, 0.05) is 24.3 Å². The molecule has 0 aromatic heterocycles. The predicted molar refractivity (Wildman–Crippen MR) is 75.1 cm³/mol. The van der Waals surface area contributed by atoms with Crippen molar-refractivity contribution in [3.63, 3.8) is 0 Å². The fraction of sp³-hybridized carbons (Fsp3) is 0.688. The van der Waals surface area contributed by atoms with Crippen LogP contribution in [0.2, 0.25) is 0 Å². The van der Waals surface area contributed by atoms with E-state index >= 15 is 0 Å². The quantitative estimate of drug-likeness (QED) is 0.615. The van der Waals surface area contributed by atoms with Crippen LogP contribution in [0.5, 0.6) is 0 Å². The summed E-state index contributed by atoms with van der Waals surface area (Å²) in [7, 11) is 0. The first kappa shape index (κ1) is 13.3. The zero-order valence-corrected chi connectivity index (χ0v) is 12.6. The lowest BCUT2D eigenvalue weighted by Crippen LogP contribution is -2.49. The Kier molecular flexibility index (Phi) is 2.75. The highest BCUT2D eigenvalue weighted by atomic mass is 16.8. The molecule has 2 fully saturated rings. The third-order valence-corrected chi connectivity index (χ3v) is 4.93. The third-order valence-electron chi connectivity index (χ3n) is 4.93. The summed E-state index contributed by atoms with van der Waals surface area (Å²) >= 11 is 0. The van der Waals surface area contributed by atoms with E-state index in [1.807, 2.05) is 20.8 Å². The maximum atomic E-state index is 12.2. The first-order chi connectivity index (χ1) is 10.0. The Bertz CT molecular complexity index is 550. The molecule has 0 aromatic rings.